The summed E-state index contributed by atoms with van der Waals surface area (Å²) in [6.07, 6.45) is 0. The van der Waals surface area contributed by atoms with Gasteiger partial charge in [-0.25, -0.2) is 0 Å². The Kier molecular flexibility index (Phi) is 6.20. The minimum atomic E-state index is -0.151. The minimum absolute atomic E-state index is 0.132. The van der Waals surface area contributed by atoms with Crippen LogP contribution >= 0.6 is 23.1 Å². The van der Waals surface area contributed by atoms with E-state index in [2.05, 4.69) is 20.8 Å². The van der Waals surface area contributed by atoms with Crippen LogP contribution in [0.2, 0.25) is 0 Å². The van der Waals surface area contributed by atoms with Crippen LogP contribution in [0.3, 0.4) is 0 Å². The number of nitrogens with zero attached hydrogens (tertiary/aromatic N) is 2. The third-order valence-corrected chi connectivity index (χ3v) is 5.33. The fourth-order valence-corrected chi connectivity index (χ4v) is 3.50. The zero-order valence-electron chi connectivity index (χ0n) is 14.9. The summed E-state index contributed by atoms with van der Waals surface area (Å²) in [5.74, 6) is -0.0109. The van der Waals surface area contributed by atoms with Crippen molar-refractivity contribution in [3.63, 3.8) is 0 Å². The highest BCUT2D eigenvalue weighted by molar-refractivity contribution is 8.00. The Bertz CT molecular complexity index is 937. The Morgan fingerprint density at radius 3 is 2.30 bits per heavy atom. The number of carbonyl (C=O) groups excluding carboxylic acids is 2. The van der Waals surface area contributed by atoms with Crippen LogP contribution in [-0.4, -0.2) is 27.8 Å². The van der Waals surface area contributed by atoms with E-state index in [-0.39, 0.29) is 17.6 Å². The van der Waals surface area contributed by atoms with Gasteiger partial charge in [0.1, 0.15) is 5.01 Å². The van der Waals surface area contributed by atoms with E-state index in [9.17, 15) is 9.59 Å². The third-order valence-electron chi connectivity index (χ3n) is 3.57. The van der Waals surface area contributed by atoms with Crippen LogP contribution in [0.25, 0.3) is 0 Å². The molecule has 0 radical (unpaired) electrons. The van der Waals surface area contributed by atoms with Crippen LogP contribution in [0.1, 0.15) is 20.9 Å². The normalized spacial score (nSPS) is 10.4. The Morgan fingerprint density at radius 1 is 0.963 bits per heavy atom. The smallest absolute Gasteiger partial charge is 0.255 e. The average Bonchev–Trinajstić information content (AvgIpc) is 3.06. The second-order valence-corrected chi connectivity index (χ2v) is 8.04. The summed E-state index contributed by atoms with van der Waals surface area (Å²) in [6.45, 7) is 3.81. The quantitative estimate of drug-likeness (QED) is 0.610. The number of carbonyl (C=O) groups is 2. The Balaban J connectivity index is 1.50. The summed E-state index contributed by atoms with van der Waals surface area (Å²) in [4.78, 5) is 25.1. The maximum Gasteiger partial charge on any atom is 0.255 e. The van der Waals surface area contributed by atoms with Crippen LogP contribution in [0, 0.1) is 13.8 Å². The van der Waals surface area contributed by atoms with Crippen molar-refractivity contribution in [3.8, 4) is 0 Å². The average molecular weight is 399 g/mol. The molecule has 8 heteroatoms. The van der Waals surface area contributed by atoms with Gasteiger partial charge in [-0.05, 0) is 50.2 Å². The lowest BCUT2D eigenvalue weighted by molar-refractivity contribution is -0.113. The van der Waals surface area contributed by atoms with Gasteiger partial charge in [-0.2, -0.15) is 0 Å². The molecule has 1 heterocycles. The second-order valence-electron chi connectivity index (χ2n) is 5.81. The molecule has 0 saturated carbocycles. The van der Waals surface area contributed by atoms with Crippen LogP contribution in [0.5, 0.6) is 0 Å². The molecule has 0 spiro atoms. The SMILES string of the molecule is Cc1ccc(C(=O)Nc2ccc(SCC(=O)Nc3nnc(C)s3)cc2)cc1. The maximum absolute atomic E-state index is 12.2. The topological polar surface area (TPSA) is 84.0 Å². The van der Waals surface area contributed by atoms with E-state index < -0.39 is 0 Å². The van der Waals surface area contributed by atoms with Crippen LogP contribution in [0.4, 0.5) is 10.8 Å². The van der Waals surface area contributed by atoms with E-state index in [1.165, 1.54) is 23.1 Å². The standard InChI is InChI=1S/C19H18N4O2S2/c1-12-3-5-14(6-4-12)18(25)20-15-7-9-16(10-8-15)26-11-17(24)21-19-23-22-13(2)27-19/h3-10H,11H2,1-2H3,(H,20,25)(H,21,23,24). The highest BCUT2D eigenvalue weighted by Gasteiger charge is 2.08. The zero-order chi connectivity index (χ0) is 19.2. The summed E-state index contributed by atoms with van der Waals surface area (Å²) in [5.41, 5.74) is 2.43. The van der Waals surface area contributed by atoms with Crippen LogP contribution in [0.15, 0.2) is 53.4 Å². The molecular weight excluding hydrogens is 380 g/mol. The van der Waals surface area contributed by atoms with Gasteiger partial charge in [0.25, 0.3) is 5.91 Å². The largest absolute Gasteiger partial charge is 0.322 e. The summed E-state index contributed by atoms with van der Waals surface area (Å²) >= 11 is 2.75. The van der Waals surface area contributed by atoms with Crippen molar-refractivity contribution in [3.05, 3.63) is 64.7 Å². The highest BCUT2D eigenvalue weighted by Crippen LogP contribution is 2.21. The number of aryl methyl sites for hydroxylation is 2. The lowest BCUT2D eigenvalue weighted by Gasteiger charge is -2.07. The molecule has 138 valence electrons. The molecule has 0 aliphatic rings. The van der Waals surface area contributed by atoms with Crippen molar-refractivity contribution in [1.29, 1.82) is 0 Å². The molecule has 0 aliphatic heterocycles. The zero-order valence-corrected chi connectivity index (χ0v) is 16.5. The van der Waals surface area contributed by atoms with Crippen molar-refractivity contribution in [2.45, 2.75) is 18.7 Å². The molecule has 6 nitrogen and oxygen atoms in total. The number of anilines is 2. The first-order chi connectivity index (χ1) is 13.0. The lowest BCUT2D eigenvalue weighted by Crippen LogP contribution is -2.13. The van der Waals surface area contributed by atoms with Gasteiger partial charge < -0.3 is 5.32 Å². The predicted molar refractivity (Wildman–Crippen MR) is 110 cm³/mol. The number of benzene rings is 2. The van der Waals surface area contributed by atoms with Crippen LogP contribution < -0.4 is 10.6 Å². The molecule has 3 aromatic rings. The number of amides is 2. The molecular formula is C19H18N4O2S2. The molecule has 2 amide bonds. The minimum Gasteiger partial charge on any atom is -0.322 e. The van der Waals surface area contributed by atoms with E-state index >= 15 is 0 Å². The molecule has 0 aliphatic carbocycles. The van der Waals surface area contributed by atoms with Gasteiger partial charge in [0.2, 0.25) is 11.0 Å². The first-order valence-corrected chi connectivity index (χ1v) is 10.0. The molecule has 0 saturated heterocycles. The molecule has 27 heavy (non-hydrogen) atoms. The van der Waals surface area contributed by atoms with E-state index in [1.54, 1.807) is 12.1 Å². The maximum atomic E-state index is 12.2. The number of hydrogen-bond acceptors (Lipinski definition) is 6. The highest BCUT2D eigenvalue weighted by atomic mass is 32.2. The number of aromatic nitrogens is 2. The van der Waals surface area contributed by atoms with Crippen molar-refractivity contribution >= 4 is 45.7 Å². The molecule has 3 rings (SSSR count). The molecule has 1 aromatic heterocycles. The van der Waals surface area contributed by atoms with Crippen molar-refractivity contribution in [2.75, 3.05) is 16.4 Å². The number of rotatable bonds is 6. The summed E-state index contributed by atoms with van der Waals surface area (Å²) in [6, 6.07) is 14.8. The van der Waals surface area contributed by atoms with E-state index in [0.29, 0.717) is 16.4 Å². The van der Waals surface area contributed by atoms with Crippen molar-refractivity contribution in [1.82, 2.24) is 10.2 Å². The van der Waals surface area contributed by atoms with E-state index in [4.69, 9.17) is 0 Å². The number of nitrogens with one attached hydrogen (secondary N) is 2. The fourth-order valence-electron chi connectivity index (χ4n) is 2.19. The molecule has 0 bridgehead atoms. The van der Waals surface area contributed by atoms with Gasteiger partial charge >= 0.3 is 0 Å². The molecule has 2 N–H and O–H groups in total. The van der Waals surface area contributed by atoms with Crippen molar-refractivity contribution in [2.24, 2.45) is 0 Å². The third kappa shape index (κ3) is 5.63. The Labute approximate surface area is 165 Å². The molecule has 0 unspecified atom stereocenters. The van der Waals surface area contributed by atoms with Gasteiger partial charge in [-0.15, -0.1) is 22.0 Å². The first-order valence-electron chi connectivity index (χ1n) is 8.20. The summed E-state index contributed by atoms with van der Waals surface area (Å²) in [5, 5.41) is 14.6. The van der Waals surface area contributed by atoms with E-state index in [1.807, 2.05) is 50.2 Å². The van der Waals surface area contributed by atoms with Gasteiger partial charge in [-0.3, -0.25) is 14.9 Å². The Morgan fingerprint density at radius 2 is 1.67 bits per heavy atom. The predicted octanol–water partition coefficient (Wildman–Crippen LogP) is 4.14. The monoisotopic (exact) mass is 398 g/mol. The van der Waals surface area contributed by atoms with Crippen LogP contribution in [-0.2, 0) is 4.79 Å². The van der Waals surface area contributed by atoms with Crippen molar-refractivity contribution < 1.29 is 9.59 Å². The number of thioether (sulfide) groups is 1. The first kappa shape index (κ1) is 19.1. The summed E-state index contributed by atoms with van der Waals surface area (Å²) in [7, 11) is 0. The van der Waals surface area contributed by atoms with Gasteiger partial charge in [0.05, 0.1) is 5.75 Å². The molecule has 0 fully saturated rings. The molecule has 2 aromatic carbocycles. The van der Waals surface area contributed by atoms with Gasteiger partial charge in [-0.1, -0.05) is 29.0 Å². The Hall–Kier alpha value is -2.71. The number of hydrogen-bond donors (Lipinski definition) is 2. The lowest BCUT2D eigenvalue weighted by atomic mass is 10.1. The van der Waals surface area contributed by atoms with E-state index in [0.717, 1.165) is 15.5 Å². The van der Waals surface area contributed by atoms with Gasteiger partial charge in [0, 0.05) is 16.1 Å². The fraction of sp³-hybridized carbons (Fsp3) is 0.158. The summed E-state index contributed by atoms with van der Waals surface area (Å²) < 4.78 is 0. The second kappa shape index (κ2) is 8.79. The van der Waals surface area contributed by atoms with Gasteiger partial charge in [0.15, 0.2) is 0 Å². The molecule has 0 atom stereocenters.